The highest BCUT2D eigenvalue weighted by Crippen LogP contribution is 2.38. The number of halogens is 1. The number of nitrogens with one attached hydrogen (secondary N) is 2. The summed E-state index contributed by atoms with van der Waals surface area (Å²) in [6.07, 6.45) is 0. The van der Waals surface area contributed by atoms with Gasteiger partial charge in [0, 0.05) is 17.7 Å². The van der Waals surface area contributed by atoms with Crippen LogP contribution >= 0.6 is 22.9 Å². The molecule has 3 aromatic rings. The van der Waals surface area contributed by atoms with E-state index >= 15 is 0 Å². The second-order valence-corrected chi connectivity index (χ2v) is 9.36. The molecule has 0 aliphatic heterocycles. The number of hydrogen-bond donors (Lipinski definition) is 2. The molecule has 0 aliphatic carbocycles. The van der Waals surface area contributed by atoms with Gasteiger partial charge >= 0.3 is 0 Å². The van der Waals surface area contributed by atoms with Crippen molar-refractivity contribution in [1.82, 2.24) is 0 Å². The maximum absolute atomic E-state index is 12.6. The van der Waals surface area contributed by atoms with E-state index in [1.54, 1.807) is 24.3 Å². The summed E-state index contributed by atoms with van der Waals surface area (Å²) in [6.45, 7) is 0. The molecule has 0 radical (unpaired) electrons. The van der Waals surface area contributed by atoms with E-state index in [0.717, 1.165) is 11.3 Å². The Labute approximate surface area is 177 Å². The number of thiophene rings is 1. The quantitative estimate of drug-likeness (QED) is 0.551. The molecule has 0 unspecified atom stereocenters. The molecule has 2 aromatic carbocycles. The van der Waals surface area contributed by atoms with Crippen LogP contribution in [0.5, 0.6) is 11.5 Å². The standard InChI is InChI=1S/C19H17ClN2O5S2/c1-26-15-11-14(22-29(24,25)18-9-8-17(20)28-18)16(27-2)10-13(15)21-19(23)12-6-4-3-5-7-12/h3-11,22H,1-2H3,(H,21,23). The van der Waals surface area contributed by atoms with Crippen LogP contribution in [-0.4, -0.2) is 28.5 Å². The number of hydrogen-bond acceptors (Lipinski definition) is 6. The van der Waals surface area contributed by atoms with Crippen molar-refractivity contribution in [3.8, 4) is 11.5 Å². The van der Waals surface area contributed by atoms with Gasteiger partial charge in [-0.1, -0.05) is 29.8 Å². The van der Waals surface area contributed by atoms with Gasteiger partial charge in [0.15, 0.2) is 0 Å². The average Bonchev–Trinajstić information content (AvgIpc) is 3.16. The van der Waals surface area contributed by atoms with Gasteiger partial charge in [-0.3, -0.25) is 9.52 Å². The highest BCUT2D eigenvalue weighted by molar-refractivity contribution is 7.94. The highest BCUT2D eigenvalue weighted by Gasteiger charge is 2.21. The van der Waals surface area contributed by atoms with Crippen molar-refractivity contribution >= 4 is 50.2 Å². The molecule has 0 fully saturated rings. The van der Waals surface area contributed by atoms with E-state index in [2.05, 4.69) is 10.0 Å². The number of ether oxygens (including phenoxy) is 2. The van der Waals surface area contributed by atoms with Crippen LogP contribution in [-0.2, 0) is 10.0 Å². The van der Waals surface area contributed by atoms with E-state index in [1.165, 1.54) is 38.5 Å². The zero-order valence-corrected chi connectivity index (χ0v) is 17.8. The monoisotopic (exact) mass is 452 g/mol. The number of benzene rings is 2. The third-order valence-corrected chi connectivity index (χ3v) is 6.95. The van der Waals surface area contributed by atoms with Gasteiger partial charge in [0.25, 0.3) is 15.9 Å². The fourth-order valence-corrected chi connectivity index (χ4v) is 5.04. The molecule has 3 rings (SSSR count). The molecule has 29 heavy (non-hydrogen) atoms. The van der Waals surface area contributed by atoms with E-state index < -0.39 is 10.0 Å². The number of rotatable bonds is 7. The van der Waals surface area contributed by atoms with Crippen LogP contribution in [0.1, 0.15) is 10.4 Å². The Kier molecular flexibility index (Phi) is 6.31. The molecule has 2 N–H and O–H groups in total. The summed E-state index contributed by atoms with van der Waals surface area (Å²) >= 11 is 6.77. The summed E-state index contributed by atoms with van der Waals surface area (Å²) in [5.41, 5.74) is 0.958. The summed E-state index contributed by atoms with van der Waals surface area (Å²) in [7, 11) is -1.06. The third-order valence-electron chi connectivity index (χ3n) is 3.86. The third kappa shape index (κ3) is 4.81. The van der Waals surface area contributed by atoms with Gasteiger partial charge in [-0.15, -0.1) is 11.3 Å². The minimum Gasteiger partial charge on any atom is -0.494 e. The van der Waals surface area contributed by atoms with Crippen molar-refractivity contribution in [2.75, 3.05) is 24.3 Å². The first-order valence-electron chi connectivity index (χ1n) is 8.24. The smallest absolute Gasteiger partial charge is 0.271 e. The molecule has 0 bridgehead atoms. The minimum absolute atomic E-state index is 0.0602. The highest BCUT2D eigenvalue weighted by atomic mass is 35.5. The van der Waals surface area contributed by atoms with Crippen molar-refractivity contribution < 1.29 is 22.7 Å². The Bertz CT molecular complexity index is 1130. The van der Waals surface area contributed by atoms with E-state index in [1.807, 2.05) is 6.07 Å². The van der Waals surface area contributed by atoms with Crippen molar-refractivity contribution in [1.29, 1.82) is 0 Å². The molecule has 152 valence electrons. The van der Waals surface area contributed by atoms with Crippen LogP contribution < -0.4 is 19.5 Å². The summed E-state index contributed by atoms with van der Waals surface area (Å²) in [5, 5.41) is 2.74. The first-order chi connectivity index (χ1) is 13.8. The number of methoxy groups -OCH3 is 2. The molecule has 1 aromatic heterocycles. The molecule has 0 spiro atoms. The molecule has 10 heteroatoms. The zero-order chi connectivity index (χ0) is 21.0. The van der Waals surface area contributed by atoms with Crippen molar-refractivity contribution in [3.05, 3.63) is 64.5 Å². The van der Waals surface area contributed by atoms with Crippen molar-refractivity contribution in [3.63, 3.8) is 0 Å². The average molecular weight is 453 g/mol. The first-order valence-corrected chi connectivity index (χ1v) is 10.9. The molecular weight excluding hydrogens is 436 g/mol. The number of carbonyl (C=O) groups is 1. The summed E-state index contributed by atoms with van der Waals surface area (Å²) < 4.78 is 38.7. The van der Waals surface area contributed by atoms with Gasteiger partial charge in [-0.2, -0.15) is 0 Å². The van der Waals surface area contributed by atoms with Gasteiger partial charge in [-0.25, -0.2) is 8.42 Å². The Morgan fingerprint density at radius 2 is 1.59 bits per heavy atom. The number of anilines is 2. The van der Waals surface area contributed by atoms with E-state index in [4.69, 9.17) is 21.1 Å². The fourth-order valence-electron chi connectivity index (χ4n) is 2.50. The van der Waals surface area contributed by atoms with E-state index in [9.17, 15) is 13.2 Å². The number of carbonyl (C=O) groups excluding carboxylic acids is 1. The molecule has 0 atom stereocenters. The molecule has 1 heterocycles. The first kappa shape index (κ1) is 21.0. The Balaban J connectivity index is 1.93. The number of sulfonamides is 1. The Morgan fingerprint density at radius 3 is 2.17 bits per heavy atom. The minimum atomic E-state index is -3.87. The van der Waals surface area contributed by atoms with Gasteiger partial charge < -0.3 is 14.8 Å². The van der Waals surface area contributed by atoms with Gasteiger partial charge in [0.05, 0.1) is 29.9 Å². The van der Waals surface area contributed by atoms with Crippen molar-refractivity contribution in [2.45, 2.75) is 4.21 Å². The van der Waals surface area contributed by atoms with Crippen LogP contribution in [0, 0.1) is 0 Å². The van der Waals surface area contributed by atoms with Crippen LogP contribution in [0.4, 0.5) is 11.4 Å². The second-order valence-electron chi connectivity index (χ2n) is 5.74. The summed E-state index contributed by atoms with van der Waals surface area (Å²) in [4.78, 5) is 12.5. The fraction of sp³-hybridized carbons (Fsp3) is 0.105. The predicted octanol–water partition coefficient (Wildman–Crippen LogP) is 4.47. The van der Waals surface area contributed by atoms with E-state index in [-0.39, 0.29) is 27.3 Å². The van der Waals surface area contributed by atoms with Crippen LogP contribution in [0.3, 0.4) is 0 Å². The van der Waals surface area contributed by atoms with Crippen LogP contribution in [0.25, 0.3) is 0 Å². The number of amides is 1. The molecule has 0 saturated heterocycles. The maximum atomic E-state index is 12.6. The van der Waals surface area contributed by atoms with Crippen molar-refractivity contribution in [2.24, 2.45) is 0 Å². The Hall–Kier alpha value is -2.75. The molecule has 7 nitrogen and oxygen atoms in total. The second kappa shape index (κ2) is 8.73. The van der Waals surface area contributed by atoms with Gasteiger partial charge in [0.1, 0.15) is 15.7 Å². The normalized spacial score (nSPS) is 11.0. The van der Waals surface area contributed by atoms with Gasteiger partial charge in [-0.05, 0) is 24.3 Å². The lowest BCUT2D eigenvalue weighted by Crippen LogP contribution is -2.15. The summed E-state index contributed by atoms with van der Waals surface area (Å²) in [6, 6.07) is 14.5. The van der Waals surface area contributed by atoms with Crippen LogP contribution in [0.15, 0.2) is 58.8 Å². The maximum Gasteiger partial charge on any atom is 0.271 e. The molecular formula is C19H17ClN2O5S2. The lowest BCUT2D eigenvalue weighted by Gasteiger charge is -2.16. The SMILES string of the molecule is COc1cc(NS(=O)(=O)c2ccc(Cl)s2)c(OC)cc1NC(=O)c1ccccc1. The largest absolute Gasteiger partial charge is 0.494 e. The summed E-state index contributed by atoms with van der Waals surface area (Å²) in [5.74, 6) is 0.130. The predicted molar refractivity (Wildman–Crippen MR) is 114 cm³/mol. The topological polar surface area (TPSA) is 93.7 Å². The molecule has 0 aliphatic rings. The van der Waals surface area contributed by atoms with Crippen LogP contribution in [0.2, 0.25) is 4.34 Å². The molecule has 1 amide bonds. The zero-order valence-electron chi connectivity index (χ0n) is 15.4. The lowest BCUT2D eigenvalue weighted by molar-refractivity contribution is 0.102. The molecule has 0 saturated carbocycles. The lowest BCUT2D eigenvalue weighted by atomic mass is 10.2. The van der Waals surface area contributed by atoms with Gasteiger partial charge in [0.2, 0.25) is 0 Å². The Morgan fingerprint density at radius 1 is 0.966 bits per heavy atom. The van der Waals surface area contributed by atoms with E-state index in [0.29, 0.717) is 15.6 Å².